The Bertz CT molecular complexity index is 659. The van der Waals surface area contributed by atoms with Crippen molar-refractivity contribution in [3.05, 3.63) is 33.3 Å². The number of benzene rings is 1. The highest BCUT2D eigenvalue weighted by Gasteiger charge is 2.25. The summed E-state index contributed by atoms with van der Waals surface area (Å²) in [6.45, 7) is 4.76. The minimum absolute atomic E-state index is 0.100. The fraction of sp³-hybridized carbons (Fsp3) is 0.538. The van der Waals surface area contributed by atoms with E-state index in [4.69, 9.17) is 11.6 Å². The summed E-state index contributed by atoms with van der Waals surface area (Å²) in [5.41, 5.74) is -0.716. The highest BCUT2D eigenvalue weighted by atomic mass is 35.5. The van der Waals surface area contributed by atoms with Crippen LogP contribution in [0.2, 0.25) is 5.02 Å². The number of sulfonamides is 1. The average Bonchev–Trinajstić information content (AvgIpc) is 2.35. The van der Waals surface area contributed by atoms with Crippen molar-refractivity contribution in [2.75, 3.05) is 27.2 Å². The van der Waals surface area contributed by atoms with Crippen LogP contribution in [0.4, 0.5) is 5.69 Å². The molecule has 0 aliphatic heterocycles. The third kappa shape index (κ3) is 5.20. The molecule has 0 unspecified atom stereocenters. The van der Waals surface area contributed by atoms with E-state index in [9.17, 15) is 18.5 Å². The Balaban J connectivity index is 2.96. The predicted octanol–water partition coefficient (Wildman–Crippen LogP) is 2.11. The molecule has 0 fully saturated rings. The molecule has 1 aromatic carbocycles. The van der Waals surface area contributed by atoms with Gasteiger partial charge in [0.15, 0.2) is 0 Å². The maximum absolute atomic E-state index is 12.3. The molecule has 9 heteroatoms. The zero-order chi connectivity index (χ0) is 17.1. The van der Waals surface area contributed by atoms with Gasteiger partial charge in [-0.3, -0.25) is 10.1 Å². The van der Waals surface area contributed by atoms with Crippen molar-refractivity contribution in [1.29, 1.82) is 0 Å². The fourth-order valence-electron chi connectivity index (χ4n) is 2.09. The van der Waals surface area contributed by atoms with E-state index in [1.807, 2.05) is 32.8 Å². The Morgan fingerprint density at radius 2 is 1.95 bits per heavy atom. The molecule has 0 radical (unpaired) electrons. The van der Waals surface area contributed by atoms with E-state index in [1.54, 1.807) is 0 Å². The van der Waals surface area contributed by atoms with Crippen LogP contribution in [0.1, 0.15) is 13.8 Å². The molecule has 0 saturated heterocycles. The molecule has 0 aliphatic rings. The van der Waals surface area contributed by atoms with Crippen LogP contribution in [0.5, 0.6) is 0 Å². The molecule has 1 aromatic rings. The number of rotatable bonds is 7. The van der Waals surface area contributed by atoms with Crippen LogP contribution in [-0.4, -0.2) is 45.4 Å². The van der Waals surface area contributed by atoms with Crippen molar-refractivity contribution in [1.82, 2.24) is 9.62 Å². The summed E-state index contributed by atoms with van der Waals surface area (Å²) in [5, 5.41) is 10.7. The number of nitro groups is 1. The lowest BCUT2D eigenvalue weighted by Gasteiger charge is -2.28. The van der Waals surface area contributed by atoms with Gasteiger partial charge in [0, 0.05) is 19.2 Å². The zero-order valence-corrected chi connectivity index (χ0v) is 14.5. The minimum atomic E-state index is -3.83. The van der Waals surface area contributed by atoms with Crippen LogP contribution < -0.4 is 4.72 Å². The van der Waals surface area contributed by atoms with Gasteiger partial charge >= 0.3 is 0 Å². The van der Waals surface area contributed by atoms with E-state index < -0.39 is 20.6 Å². The standard InChI is InChI=1S/C13H20ClN3O4S/c1-13(2,9-16(3)4)8-15-22(20,21)10-5-6-11(14)12(7-10)17(18)19/h5-7,15H,8-9H2,1-4H3. The van der Waals surface area contributed by atoms with E-state index in [2.05, 4.69) is 4.72 Å². The topological polar surface area (TPSA) is 92.6 Å². The van der Waals surface area contributed by atoms with Gasteiger partial charge in [-0.25, -0.2) is 13.1 Å². The largest absolute Gasteiger partial charge is 0.309 e. The molecular weight excluding hydrogens is 330 g/mol. The van der Waals surface area contributed by atoms with Gasteiger partial charge < -0.3 is 4.90 Å². The predicted molar refractivity (Wildman–Crippen MR) is 85.6 cm³/mol. The third-order valence-electron chi connectivity index (χ3n) is 2.91. The van der Waals surface area contributed by atoms with E-state index in [1.165, 1.54) is 12.1 Å². The minimum Gasteiger partial charge on any atom is -0.309 e. The second-order valence-electron chi connectivity index (χ2n) is 6.10. The summed E-state index contributed by atoms with van der Waals surface area (Å²) in [6, 6.07) is 3.42. The lowest BCUT2D eigenvalue weighted by atomic mass is 9.93. The second kappa shape index (κ2) is 6.91. The van der Waals surface area contributed by atoms with Crippen LogP contribution in [0.3, 0.4) is 0 Å². The molecule has 1 N–H and O–H groups in total. The van der Waals surface area contributed by atoms with Crippen LogP contribution in [-0.2, 0) is 10.0 Å². The first-order valence-corrected chi connectivity index (χ1v) is 8.39. The molecule has 22 heavy (non-hydrogen) atoms. The van der Waals surface area contributed by atoms with E-state index in [-0.39, 0.29) is 21.9 Å². The molecule has 0 saturated carbocycles. The van der Waals surface area contributed by atoms with E-state index >= 15 is 0 Å². The highest BCUT2D eigenvalue weighted by molar-refractivity contribution is 7.89. The Labute approximate surface area is 135 Å². The number of nitrogens with zero attached hydrogens (tertiary/aromatic N) is 2. The maximum atomic E-state index is 12.3. The normalized spacial score (nSPS) is 12.6. The molecule has 0 aliphatic carbocycles. The first-order chi connectivity index (χ1) is 9.94. The molecule has 0 aromatic heterocycles. The summed E-state index contributed by atoms with van der Waals surface area (Å²) >= 11 is 5.69. The van der Waals surface area contributed by atoms with Gasteiger partial charge in [-0.15, -0.1) is 0 Å². The van der Waals surface area contributed by atoms with Gasteiger partial charge in [0.1, 0.15) is 5.02 Å². The first kappa shape index (κ1) is 18.8. The lowest BCUT2D eigenvalue weighted by Crippen LogP contribution is -2.39. The van der Waals surface area contributed by atoms with Crippen LogP contribution in [0.25, 0.3) is 0 Å². The summed E-state index contributed by atoms with van der Waals surface area (Å²) in [7, 11) is -0.0305. The summed E-state index contributed by atoms with van der Waals surface area (Å²) in [6.07, 6.45) is 0. The van der Waals surface area contributed by atoms with Gasteiger partial charge in [-0.05, 0) is 31.6 Å². The molecule has 0 bridgehead atoms. The van der Waals surface area contributed by atoms with Gasteiger partial charge in [0.05, 0.1) is 9.82 Å². The van der Waals surface area contributed by atoms with E-state index in [0.29, 0.717) is 6.54 Å². The van der Waals surface area contributed by atoms with Crippen molar-refractivity contribution in [3.63, 3.8) is 0 Å². The quantitative estimate of drug-likeness (QED) is 0.601. The van der Waals surface area contributed by atoms with Gasteiger partial charge in [-0.2, -0.15) is 0 Å². The highest BCUT2D eigenvalue weighted by Crippen LogP contribution is 2.27. The SMILES string of the molecule is CN(C)CC(C)(C)CNS(=O)(=O)c1ccc(Cl)c([N+](=O)[O-])c1. The lowest BCUT2D eigenvalue weighted by molar-refractivity contribution is -0.384. The second-order valence-corrected chi connectivity index (χ2v) is 8.27. The summed E-state index contributed by atoms with van der Waals surface area (Å²) < 4.78 is 27.0. The summed E-state index contributed by atoms with van der Waals surface area (Å²) in [4.78, 5) is 11.9. The molecule has 124 valence electrons. The van der Waals surface area contributed by atoms with Crippen molar-refractivity contribution >= 4 is 27.3 Å². The Morgan fingerprint density at radius 1 is 1.36 bits per heavy atom. The van der Waals surface area contributed by atoms with Crippen molar-refractivity contribution < 1.29 is 13.3 Å². The van der Waals surface area contributed by atoms with Gasteiger partial charge in [0.2, 0.25) is 10.0 Å². The smallest absolute Gasteiger partial charge is 0.289 e. The molecule has 0 heterocycles. The Kier molecular flexibility index (Phi) is 5.91. The number of halogens is 1. The van der Waals surface area contributed by atoms with Crippen LogP contribution in [0, 0.1) is 15.5 Å². The Hall–Kier alpha value is -1.22. The number of nitro benzene ring substituents is 1. The van der Waals surface area contributed by atoms with Crippen LogP contribution >= 0.6 is 11.6 Å². The van der Waals surface area contributed by atoms with E-state index in [0.717, 1.165) is 6.07 Å². The third-order valence-corrected chi connectivity index (χ3v) is 4.63. The molecule has 0 spiro atoms. The average molecular weight is 350 g/mol. The first-order valence-electron chi connectivity index (χ1n) is 6.53. The zero-order valence-electron chi connectivity index (χ0n) is 13.0. The fourth-order valence-corrected chi connectivity index (χ4v) is 3.53. The molecule has 0 atom stereocenters. The van der Waals surface area contributed by atoms with Crippen LogP contribution in [0.15, 0.2) is 23.1 Å². The van der Waals surface area contributed by atoms with Crippen molar-refractivity contribution in [3.8, 4) is 0 Å². The van der Waals surface area contributed by atoms with Gasteiger partial charge in [0.25, 0.3) is 5.69 Å². The molecule has 1 rings (SSSR count). The molecular formula is C13H20ClN3O4S. The molecule has 0 amide bonds. The monoisotopic (exact) mass is 349 g/mol. The Morgan fingerprint density at radius 3 is 2.45 bits per heavy atom. The number of hydrogen-bond donors (Lipinski definition) is 1. The van der Waals surface area contributed by atoms with Gasteiger partial charge in [-0.1, -0.05) is 25.4 Å². The maximum Gasteiger partial charge on any atom is 0.289 e. The van der Waals surface area contributed by atoms with Crippen molar-refractivity contribution in [2.24, 2.45) is 5.41 Å². The number of hydrogen-bond acceptors (Lipinski definition) is 5. The van der Waals surface area contributed by atoms with Crippen molar-refractivity contribution in [2.45, 2.75) is 18.7 Å². The number of nitrogens with one attached hydrogen (secondary N) is 1. The molecule has 7 nitrogen and oxygen atoms in total. The summed E-state index contributed by atoms with van der Waals surface area (Å²) in [5.74, 6) is 0.